The molecule has 0 radical (unpaired) electrons. The molecule has 2 aromatic rings. The molecule has 0 bridgehead atoms. The molecule has 5 heteroatoms. The molecule has 15 heavy (non-hydrogen) atoms. The van der Waals surface area contributed by atoms with Crippen LogP contribution in [0.4, 0.5) is 5.69 Å². The lowest BCUT2D eigenvalue weighted by Gasteiger charge is -1.99. The van der Waals surface area contributed by atoms with Gasteiger partial charge in [-0.25, -0.2) is 0 Å². The SMILES string of the molecule is CC(C)c1nsc2ccc([N+](=O)[O-])cc12. The van der Waals surface area contributed by atoms with Gasteiger partial charge in [-0.05, 0) is 23.5 Å². The van der Waals surface area contributed by atoms with E-state index in [9.17, 15) is 10.1 Å². The highest BCUT2D eigenvalue weighted by Gasteiger charge is 2.13. The zero-order chi connectivity index (χ0) is 11.0. The van der Waals surface area contributed by atoms with Crippen molar-refractivity contribution in [2.45, 2.75) is 19.8 Å². The summed E-state index contributed by atoms with van der Waals surface area (Å²) in [5.74, 6) is 0.292. The highest BCUT2D eigenvalue weighted by Crippen LogP contribution is 2.30. The van der Waals surface area contributed by atoms with Gasteiger partial charge in [0.15, 0.2) is 0 Å². The summed E-state index contributed by atoms with van der Waals surface area (Å²) in [5.41, 5.74) is 1.07. The zero-order valence-electron chi connectivity index (χ0n) is 8.43. The molecular formula is C10H10N2O2S. The predicted molar refractivity (Wildman–Crippen MR) is 60.4 cm³/mol. The Morgan fingerprint density at radius 2 is 2.20 bits per heavy atom. The fourth-order valence-electron chi connectivity index (χ4n) is 1.48. The first-order chi connectivity index (χ1) is 7.09. The molecule has 0 amide bonds. The van der Waals surface area contributed by atoms with Crippen LogP contribution in [-0.4, -0.2) is 9.30 Å². The van der Waals surface area contributed by atoms with E-state index >= 15 is 0 Å². The van der Waals surface area contributed by atoms with Crippen LogP contribution in [0.3, 0.4) is 0 Å². The first kappa shape index (κ1) is 10.0. The third-order valence-corrected chi connectivity index (χ3v) is 3.08. The van der Waals surface area contributed by atoms with Gasteiger partial charge < -0.3 is 0 Å². The first-order valence-electron chi connectivity index (χ1n) is 4.63. The molecule has 2 rings (SSSR count). The van der Waals surface area contributed by atoms with E-state index in [2.05, 4.69) is 4.37 Å². The number of hydrogen-bond acceptors (Lipinski definition) is 4. The van der Waals surface area contributed by atoms with E-state index in [0.29, 0.717) is 5.92 Å². The Bertz CT molecular complexity index is 519. The van der Waals surface area contributed by atoms with Crippen molar-refractivity contribution in [2.24, 2.45) is 0 Å². The maximum Gasteiger partial charge on any atom is 0.270 e. The van der Waals surface area contributed by atoms with Gasteiger partial charge in [0.05, 0.1) is 15.3 Å². The number of fused-ring (bicyclic) bond motifs is 1. The average molecular weight is 222 g/mol. The molecule has 0 fully saturated rings. The quantitative estimate of drug-likeness (QED) is 0.578. The number of benzene rings is 1. The molecule has 0 N–H and O–H groups in total. The predicted octanol–water partition coefficient (Wildman–Crippen LogP) is 3.33. The third kappa shape index (κ3) is 1.70. The Morgan fingerprint density at radius 1 is 1.47 bits per heavy atom. The smallest absolute Gasteiger partial charge is 0.258 e. The van der Waals surface area contributed by atoms with Crippen LogP contribution >= 0.6 is 11.5 Å². The van der Waals surface area contributed by atoms with E-state index in [-0.39, 0.29) is 10.6 Å². The van der Waals surface area contributed by atoms with Crippen molar-refractivity contribution in [2.75, 3.05) is 0 Å². The van der Waals surface area contributed by atoms with Gasteiger partial charge in [0.1, 0.15) is 0 Å². The summed E-state index contributed by atoms with van der Waals surface area (Å²) in [5, 5.41) is 11.5. The number of aromatic nitrogens is 1. The Morgan fingerprint density at radius 3 is 2.80 bits per heavy atom. The van der Waals surface area contributed by atoms with Crippen LogP contribution in [0.15, 0.2) is 18.2 Å². The maximum atomic E-state index is 10.6. The standard InChI is InChI=1S/C10H10N2O2S/c1-6(2)10-8-5-7(12(13)14)3-4-9(8)15-11-10/h3-6H,1-2H3. The molecule has 1 heterocycles. The summed E-state index contributed by atoms with van der Waals surface area (Å²) in [6, 6.07) is 4.88. The van der Waals surface area contributed by atoms with Gasteiger partial charge in [-0.1, -0.05) is 13.8 Å². The molecule has 0 aliphatic rings. The van der Waals surface area contributed by atoms with Crippen molar-refractivity contribution >= 4 is 27.3 Å². The molecule has 1 aromatic heterocycles. The van der Waals surface area contributed by atoms with Gasteiger partial charge in [0, 0.05) is 17.5 Å². The highest BCUT2D eigenvalue weighted by molar-refractivity contribution is 7.13. The number of nitro benzene ring substituents is 1. The Labute approximate surface area is 90.9 Å². The second-order valence-corrected chi connectivity index (χ2v) is 4.47. The second kappa shape index (κ2) is 3.58. The van der Waals surface area contributed by atoms with Crippen LogP contribution in [0.1, 0.15) is 25.5 Å². The summed E-state index contributed by atoms with van der Waals surface area (Å²) < 4.78 is 5.32. The molecule has 1 aromatic carbocycles. The molecule has 0 aliphatic carbocycles. The van der Waals surface area contributed by atoms with Gasteiger partial charge >= 0.3 is 0 Å². The minimum Gasteiger partial charge on any atom is -0.258 e. The highest BCUT2D eigenvalue weighted by atomic mass is 32.1. The van der Waals surface area contributed by atoms with Crippen LogP contribution in [0, 0.1) is 10.1 Å². The lowest BCUT2D eigenvalue weighted by Crippen LogP contribution is -1.89. The molecule has 0 unspecified atom stereocenters. The monoisotopic (exact) mass is 222 g/mol. The fraction of sp³-hybridized carbons (Fsp3) is 0.300. The number of nitrogens with zero attached hydrogens (tertiary/aromatic N) is 2. The largest absolute Gasteiger partial charge is 0.270 e. The van der Waals surface area contributed by atoms with Gasteiger partial charge in [0.2, 0.25) is 0 Å². The Hall–Kier alpha value is -1.49. The third-order valence-electron chi connectivity index (χ3n) is 2.24. The van der Waals surface area contributed by atoms with E-state index in [1.54, 1.807) is 12.1 Å². The Balaban J connectivity index is 2.66. The van der Waals surface area contributed by atoms with Crippen molar-refractivity contribution in [3.8, 4) is 0 Å². The molecular weight excluding hydrogens is 212 g/mol. The molecule has 0 saturated carbocycles. The lowest BCUT2D eigenvalue weighted by atomic mass is 10.1. The van der Waals surface area contributed by atoms with Crippen LogP contribution in [-0.2, 0) is 0 Å². The van der Waals surface area contributed by atoms with Gasteiger partial charge in [-0.3, -0.25) is 10.1 Å². The molecule has 78 valence electrons. The van der Waals surface area contributed by atoms with E-state index in [1.807, 2.05) is 13.8 Å². The van der Waals surface area contributed by atoms with Crippen molar-refractivity contribution in [3.63, 3.8) is 0 Å². The van der Waals surface area contributed by atoms with Crippen LogP contribution in [0.2, 0.25) is 0 Å². The summed E-state index contributed by atoms with van der Waals surface area (Å²) in [6.07, 6.45) is 0. The lowest BCUT2D eigenvalue weighted by molar-refractivity contribution is -0.384. The normalized spacial score (nSPS) is 11.1. The fourth-order valence-corrected chi connectivity index (χ4v) is 2.37. The van der Waals surface area contributed by atoms with Crippen LogP contribution in [0.25, 0.3) is 10.1 Å². The summed E-state index contributed by atoms with van der Waals surface area (Å²) in [4.78, 5) is 10.3. The van der Waals surface area contributed by atoms with Gasteiger partial charge in [-0.15, -0.1) is 0 Å². The summed E-state index contributed by atoms with van der Waals surface area (Å²) in [7, 11) is 0. The number of rotatable bonds is 2. The Kier molecular flexibility index (Phi) is 2.40. The van der Waals surface area contributed by atoms with E-state index in [1.165, 1.54) is 17.6 Å². The van der Waals surface area contributed by atoms with Gasteiger partial charge in [-0.2, -0.15) is 4.37 Å². The minimum absolute atomic E-state index is 0.129. The summed E-state index contributed by atoms with van der Waals surface area (Å²) >= 11 is 1.39. The van der Waals surface area contributed by atoms with E-state index in [0.717, 1.165) is 15.8 Å². The van der Waals surface area contributed by atoms with Crippen LogP contribution < -0.4 is 0 Å². The average Bonchev–Trinajstić information content (AvgIpc) is 2.59. The number of nitro groups is 1. The molecule has 0 saturated heterocycles. The van der Waals surface area contributed by atoms with Crippen molar-refractivity contribution < 1.29 is 4.92 Å². The van der Waals surface area contributed by atoms with E-state index in [4.69, 9.17) is 0 Å². The van der Waals surface area contributed by atoms with Crippen molar-refractivity contribution in [3.05, 3.63) is 34.0 Å². The van der Waals surface area contributed by atoms with Gasteiger partial charge in [0.25, 0.3) is 5.69 Å². The molecule has 0 spiro atoms. The van der Waals surface area contributed by atoms with Crippen molar-refractivity contribution in [1.82, 2.24) is 4.37 Å². The molecule has 0 atom stereocenters. The minimum atomic E-state index is -0.374. The first-order valence-corrected chi connectivity index (χ1v) is 5.40. The van der Waals surface area contributed by atoms with E-state index < -0.39 is 0 Å². The topological polar surface area (TPSA) is 56.0 Å². The van der Waals surface area contributed by atoms with Crippen molar-refractivity contribution in [1.29, 1.82) is 0 Å². The summed E-state index contributed by atoms with van der Waals surface area (Å²) in [6.45, 7) is 4.07. The second-order valence-electron chi connectivity index (χ2n) is 3.66. The maximum absolute atomic E-state index is 10.6. The zero-order valence-corrected chi connectivity index (χ0v) is 9.25. The molecule has 4 nitrogen and oxygen atoms in total. The number of hydrogen-bond donors (Lipinski definition) is 0. The van der Waals surface area contributed by atoms with Crippen LogP contribution in [0.5, 0.6) is 0 Å². The number of non-ortho nitro benzene ring substituents is 1. The molecule has 0 aliphatic heterocycles.